The van der Waals surface area contributed by atoms with Gasteiger partial charge in [-0.2, -0.15) is 0 Å². The average Bonchev–Trinajstić information content (AvgIpc) is 3.53. The Morgan fingerprint density at radius 2 is 0.527 bits per heavy atom. The minimum atomic E-state index is -4.95. The molecule has 0 bridgehead atoms. The summed E-state index contributed by atoms with van der Waals surface area (Å²) in [4.78, 5) is 72.6. The molecule has 540 valence electrons. The summed E-state index contributed by atoms with van der Waals surface area (Å²) in [7, 11) is -9.90. The molecule has 19 heteroatoms. The Morgan fingerprint density at radius 1 is 0.308 bits per heavy atom. The molecule has 0 aromatic carbocycles. The zero-order valence-electron chi connectivity index (χ0n) is 59.5. The van der Waals surface area contributed by atoms with Crippen LogP contribution in [0.4, 0.5) is 0 Å². The van der Waals surface area contributed by atoms with Crippen molar-refractivity contribution in [2.75, 3.05) is 39.6 Å². The topological polar surface area (TPSA) is 237 Å². The highest BCUT2D eigenvalue weighted by Gasteiger charge is 2.30. The van der Waals surface area contributed by atoms with Crippen LogP contribution in [0.1, 0.15) is 357 Å². The lowest BCUT2D eigenvalue weighted by molar-refractivity contribution is -0.161. The maximum absolute atomic E-state index is 13.0. The SMILES string of the molecule is CCC(C)CCCCCCCCCCCCCCCCC(=O)OC[C@H](COP(=O)(O)OC[C@@H](O)COP(=O)(O)OC[C@@H](COC(=O)CCCCCCCCC(C)CC)OC(=O)CCCCCCCCCC(C)C)OC(=O)CCCCCCCCCCCCC(C)C. The lowest BCUT2D eigenvalue weighted by Crippen LogP contribution is -2.30. The molecule has 0 fully saturated rings. The van der Waals surface area contributed by atoms with Crippen molar-refractivity contribution in [3.8, 4) is 0 Å². The van der Waals surface area contributed by atoms with E-state index in [9.17, 15) is 43.2 Å². The van der Waals surface area contributed by atoms with Crippen molar-refractivity contribution in [3.05, 3.63) is 0 Å². The van der Waals surface area contributed by atoms with Crippen molar-refractivity contribution in [1.29, 1.82) is 0 Å². The number of unbranched alkanes of at least 4 members (excludes halogenated alkanes) is 33. The van der Waals surface area contributed by atoms with Gasteiger partial charge in [-0.15, -0.1) is 0 Å². The van der Waals surface area contributed by atoms with E-state index in [0.717, 1.165) is 114 Å². The van der Waals surface area contributed by atoms with E-state index >= 15 is 0 Å². The second-order valence-electron chi connectivity index (χ2n) is 27.4. The van der Waals surface area contributed by atoms with Crippen LogP contribution in [-0.2, 0) is 65.4 Å². The summed E-state index contributed by atoms with van der Waals surface area (Å²) in [6, 6.07) is 0. The number of aliphatic hydroxyl groups excluding tert-OH is 1. The lowest BCUT2D eigenvalue weighted by Gasteiger charge is -2.21. The summed E-state index contributed by atoms with van der Waals surface area (Å²) >= 11 is 0. The highest BCUT2D eigenvalue weighted by atomic mass is 31.2. The van der Waals surface area contributed by atoms with E-state index in [1.165, 1.54) is 154 Å². The maximum atomic E-state index is 13.0. The Morgan fingerprint density at radius 3 is 0.780 bits per heavy atom. The molecular weight excluding hydrogens is 1200 g/mol. The van der Waals surface area contributed by atoms with Crippen LogP contribution in [0.25, 0.3) is 0 Å². The zero-order valence-corrected chi connectivity index (χ0v) is 61.3. The fourth-order valence-corrected chi connectivity index (χ4v) is 12.4. The average molecular weight is 1340 g/mol. The number of hydrogen-bond donors (Lipinski definition) is 3. The number of phosphoric acid groups is 2. The first kappa shape index (κ1) is 89.1. The number of ether oxygens (including phenoxy) is 4. The fraction of sp³-hybridized carbons (Fsp3) is 0.944. The van der Waals surface area contributed by atoms with E-state index in [4.69, 9.17) is 37.0 Å². The number of phosphoric ester groups is 2. The van der Waals surface area contributed by atoms with E-state index in [1.807, 2.05) is 0 Å². The van der Waals surface area contributed by atoms with Gasteiger partial charge in [0, 0.05) is 25.7 Å². The molecule has 0 amide bonds. The molecule has 17 nitrogen and oxygen atoms in total. The third kappa shape index (κ3) is 63.9. The van der Waals surface area contributed by atoms with E-state index < -0.39 is 97.5 Å². The minimum Gasteiger partial charge on any atom is -0.462 e. The summed E-state index contributed by atoms with van der Waals surface area (Å²) in [5.74, 6) is 0.899. The van der Waals surface area contributed by atoms with Crippen LogP contribution >= 0.6 is 15.6 Å². The predicted molar refractivity (Wildman–Crippen MR) is 367 cm³/mol. The van der Waals surface area contributed by atoms with Crippen molar-refractivity contribution in [2.24, 2.45) is 23.7 Å². The normalized spacial score (nSPS) is 14.8. The molecule has 0 rings (SSSR count). The van der Waals surface area contributed by atoms with Crippen molar-refractivity contribution in [2.45, 2.75) is 375 Å². The number of aliphatic hydroxyl groups is 1. The van der Waals surface area contributed by atoms with Gasteiger partial charge in [0.1, 0.15) is 19.3 Å². The van der Waals surface area contributed by atoms with Crippen LogP contribution in [0.5, 0.6) is 0 Å². The maximum Gasteiger partial charge on any atom is 0.472 e. The highest BCUT2D eigenvalue weighted by molar-refractivity contribution is 7.47. The van der Waals surface area contributed by atoms with Gasteiger partial charge in [0.2, 0.25) is 0 Å². The molecule has 91 heavy (non-hydrogen) atoms. The molecule has 0 radical (unpaired) electrons. The monoisotopic (exact) mass is 1340 g/mol. The van der Waals surface area contributed by atoms with Gasteiger partial charge in [0.25, 0.3) is 0 Å². The molecule has 0 aliphatic carbocycles. The van der Waals surface area contributed by atoms with Crippen LogP contribution in [0, 0.1) is 23.7 Å². The summed E-state index contributed by atoms with van der Waals surface area (Å²) in [6.45, 7) is 14.1. The zero-order chi connectivity index (χ0) is 67.5. The van der Waals surface area contributed by atoms with E-state index in [-0.39, 0.29) is 25.7 Å². The molecule has 7 atom stereocenters. The van der Waals surface area contributed by atoms with Crippen LogP contribution in [-0.4, -0.2) is 96.7 Å². The van der Waals surface area contributed by atoms with Gasteiger partial charge in [-0.3, -0.25) is 37.3 Å². The quantitative estimate of drug-likeness (QED) is 0.0222. The number of esters is 4. The van der Waals surface area contributed by atoms with Crippen molar-refractivity contribution >= 4 is 39.5 Å². The molecule has 4 unspecified atom stereocenters. The van der Waals surface area contributed by atoms with Gasteiger partial charge in [-0.05, 0) is 49.4 Å². The highest BCUT2D eigenvalue weighted by Crippen LogP contribution is 2.45. The van der Waals surface area contributed by atoms with Gasteiger partial charge < -0.3 is 33.8 Å². The molecule has 0 aliphatic heterocycles. The Labute approximate surface area is 556 Å². The standard InChI is InChI=1S/C72H140O17P2/c1-9-64(7)50-42-34-26-20-15-13-11-12-14-16-21-27-36-44-52-69(74)82-58-67(88-71(76)54-46-38-28-22-18-17-19-24-32-40-48-62(3)4)60-86-90(78,79)84-56-66(73)57-85-91(80,81)87-61-68(89-72(77)55-47-39-29-23-25-33-41-49-63(5)6)59-83-70(75)53-45-37-31-30-35-43-51-65(8)10-2/h62-68,73H,9-61H2,1-8H3,(H,78,79)(H,80,81)/t64?,65?,66-,67-,68-/m1/s1. The van der Waals surface area contributed by atoms with E-state index in [2.05, 4.69) is 55.4 Å². The van der Waals surface area contributed by atoms with Gasteiger partial charge in [-0.1, -0.05) is 306 Å². The molecule has 0 saturated carbocycles. The van der Waals surface area contributed by atoms with Crippen molar-refractivity contribution < 1.29 is 80.2 Å². The second-order valence-corrected chi connectivity index (χ2v) is 30.3. The minimum absolute atomic E-state index is 0.102. The smallest absolute Gasteiger partial charge is 0.462 e. The molecule has 0 aromatic rings. The predicted octanol–water partition coefficient (Wildman–Crippen LogP) is 20.5. The third-order valence-corrected chi connectivity index (χ3v) is 19.2. The van der Waals surface area contributed by atoms with Gasteiger partial charge in [0.15, 0.2) is 12.2 Å². The molecule has 0 heterocycles. The summed E-state index contributed by atoms with van der Waals surface area (Å²) in [5.41, 5.74) is 0. The largest absolute Gasteiger partial charge is 0.472 e. The first-order chi connectivity index (χ1) is 43.7. The van der Waals surface area contributed by atoms with Crippen LogP contribution in [0.3, 0.4) is 0 Å². The number of rotatable bonds is 69. The summed E-state index contributed by atoms with van der Waals surface area (Å²) < 4.78 is 68.3. The first-order valence-electron chi connectivity index (χ1n) is 37.3. The molecule has 0 aromatic heterocycles. The number of carbonyl (C=O) groups is 4. The molecule has 0 spiro atoms. The van der Waals surface area contributed by atoms with Crippen LogP contribution in [0.15, 0.2) is 0 Å². The molecular formula is C72H140O17P2. The fourth-order valence-electron chi connectivity index (χ4n) is 10.8. The Hall–Kier alpha value is -1.94. The Balaban J connectivity index is 5.22. The van der Waals surface area contributed by atoms with Crippen molar-refractivity contribution in [3.63, 3.8) is 0 Å². The van der Waals surface area contributed by atoms with Gasteiger partial charge in [-0.25, -0.2) is 9.13 Å². The van der Waals surface area contributed by atoms with Crippen molar-refractivity contribution in [1.82, 2.24) is 0 Å². The Kier molecular flexibility index (Phi) is 60.3. The summed E-state index contributed by atoms with van der Waals surface area (Å²) in [5, 5.41) is 10.6. The lowest BCUT2D eigenvalue weighted by atomic mass is 9.99. The van der Waals surface area contributed by atoms with E-state index in [0.29, 0.717) is 31.6 Å². The molecule has 3 N–H and O–H groups in total. The number of hydrogen-bond acceptors (Lipinski definition) is 15. The van der Waals surface area contributed by atoms with E-state index in [1.54, 1.807) is 0 Å². The Bertz CT molecular complexity index is 1800. The van der Waals surface area contributed by atoms with Crippen LogP contribution < -0.4 is 0 Å². The van der Waals surface area contributed by atoms with Crippen LogP contribution in [0.2, 0.25) is 0 Å². The second kappa shape index (κ2) is 61.6. The molecule has 0 aliphatic rings. The van der Waals surface area contributed by atoms with Gasteiger partial charge in [0.05, 0.1) is 26.4 Å². The third-order valence-electron chi connectivity index (χ3n) is 17.3. The first-order valence-corrected chi connectivity index (χ1v) is 40.3. The number of carbonyl (C=O) groups excluding carboxylic acids is 4. The molecule has 0 saturated heterocycles. The van der Waals surface area contributed by atoms with Gasteiger partial charge >= 0.3 is 39.5 Å². The summed E-state index contributed by atoms with van der Waals surface area (Å²) in [6.07, 6.45) is 44.5.